The number of aliphatic carboxylic acids is 1. The third kappa shape index (κ3) is 6.15. The Kier molecular flexibility index (Phi) is 8.20. The first-order valence-corrected chi connectivity index (χ1v) is 10.8. The van der Waals surface area contributed by atoms with Crippen LogP contribution in [0.15, 0.2) is 54.7 Å². The fraction of sp³-hybridized carbons (Fsp3) is 0.333. The smallest absolute Gasteiger partial charge is 0.321 e. The van der Waals surface area contributed by atoms with Gasteiger partial charge in [0.15, 0.2) is 0 Å². The Morgan fingerprint density at radius 3 is 2.68 bits per heavy atom. The van der Waals surface area contributed by atoms with Gasteiger partial charge in [0.2, 0.25) is 0 Å². The van der Waals surface area contributed by atoms with Gasteiger partial charge in [0.1, 0.15) is 17.7 Å². The summed E-state index contributed by atoms with van der Waals surface area (Å²) in [5.74, 6) is -0.444. The van der Waals surface area contributed by atoms with Crippen molar-refractivity contribution in [1.82, 2.24) is 14.9 Å². The minimum absolute atomic E-state index is 0.248. The summed E-state index contributed by atoms with van der Waals surface area (Å²) in [6.07, 6.45) is 4.83. The van der Waals surface area contributed by atoms with E-state index >= 15 is 0 Å². The number of nitrogens with zero attached hydrogens (tertiary/aromatic N) is 2. The molecule has 1 aromatic heterocycles. The molecule has 1 heterocycles. The molecule has 1 atom stereocenters. The van der Waals surface area contributed by atoms with E-state index in [9.17, 15) is 14.3 Å². The number of imidazole rings is 1. The van der Waals surface area contributed by atoms with E-state index in [1.807, 2.05) is 34.9 Å². The Morgan fingerprint density at radius 1 is 1.23 bits per heavy atom. The lowest BCUT2D eigenvalue weighted by Crippen LogP contribution is -2.38. The van der Waals surface area contributed by atoms with Crippen LogP contribution in [-0.4, -0.2) is 26.7 Å². The van der Waals surface area contributed by atoms with Gasteiger partial charge in [-0.25, -0.2) is 9.37 Å². The highest BCUT2D eigenvalue weighted by molar-refractivity contribution is 6.31. The Bertz CT molecular complexity index is 987. The predicted octanol–water partition coefficient (Wildman–Crippen LogP) is 4.85. The number of carboxylic acids is 1. The van der Waals surface area contributed by atoms with Crippen LogP contribution in [0.3, 0.4) is 0 Å². The fourth-order valence-electron chi connectivity index (χ4n) is 3.49. The molecule has 5 nitrogen and oxygen atoms in total. The molecule has 0 amide bonds. The number of aromatic nitrogens is 2. The third-order valence-corrected chi connectivity index (χ3v) is 5.62. The first-order chi connectivity index (χ1) is 15.0. The topological polar surface area (TPSA) is 67.2 Å². The zero-order valence-electron chi connectivity index (χ0n) is 17.5. The minimum Gasteiger partial charge on any atom is -0.480 e. The number of rotatable bonds is 11. The van der Waals surface area contributed by atoms with Gasteiger partial charge in [0.05, 0.1) is 12.2 Å². The Balaban J connectivity index is 1.81. The summed E-state index contributed by atoms with van der Waals surface area (Å²) < 4.78 is 16.3. The molecule has 0 radical (unpaired) electrons. The maximum atomic E-state index is 14.4. The second-order valence-corrected chi connectivity index (χ2v) is 7.92. The lowest BCUT2D eigenvalue weighted by molar-refractivity contribution is -0.139. The van der Waals surface area contributed by atoms with Crippen molar-refractivity contribution in [2.24, 2.45) is 0 Å². The molecular formula is C24H27ClFN3O2. The van der Waals surface area contributed by atoms with Crippen molar-refractivity contribution in [3.05, 3.63) is 88.2 Å². The highest BCUT2D eigenvalue weighted by Gasteiger charge is 2.20. The molecule has 0 aliphatic rings. The molecule has 7 heteroatoms. The monoisotopic (exact) mass is 443 g/mol. The molecule has 2 N–H and O–H groups in total. The number of aryl methyl sites for hydroxylation is 1. The number of halogens is 2. The molecule has 0 spiro atoms. The SMILES string of the molecule is CCCCc1ncc(CN[C@@H](Cc2ccccc2)C(=O)O)n1Cc1c(F)cccc1Cl. The normalized spacial score (nSPS) is 12.1. The maximum absolute atomic E-state index is 14.4. The molecule has 3 rings (SSSR count). The van der Waals surface area contributed by atoms with Gasteiger partial charge < -0.3 is 9.67 Å². The van der Waals surface area contributed by atoms with Crippen molar-refractivity contribution in [1.29, 1.82) is 0 Å². The number of unbranched alkanes of at least 4 members (excludes halogenated alkanes) is 1. The molecule has 0 saturated heterocycles. The summed E-state index contributed by atoms with van der Waals surface area (Å²) in [7, 11) is 0. The zero-order chi connectivity index (χ0) is 22.2. The van der Waals surface area contributed by atoms with Crippen molar-refractivity contribution < 1.29 is 14.3 Å². The van der Waals surface area contributed by atoms with Gasteiger partial charge in [-0.3, -0.25) is 10.1 Å². The van der Waals surface area contributed by atoms with E-state index in [2.05, 4.69) is 17.2 Å². The van der Waals surface area contributed by atoms with E-state index in [-0.39, 0.29) is 12.4 Å². The largest absolute Gasteiger partial charge is 0.480 e. The van der Waals surface area contributed by atoms with Crippen LogP contribution in [0, 0.1) is 5.82 Å². The lowest BCUT2D eigenvalue weighted by atomic mass is 10.1. The average Bonchev–Trinajstić information content (AvgIpc) is 3.14. The fourth-order valence-corrected chi connectivity index (χ4v) is 3.71. The zero-order valence-corrected chi connectivity index (χ0v) is 18.3. The van der Waals surface area contributed by atoms with Crippen molar-refractivity contribution >= 4 is 17.6 Å². The summed E-state index contributed by atoms with van der Waals surface area (Å²) >= 11 is 6.25. The molecule has 164 valence electrons. The number of hydrogen-bond donors (Lipinski definition) is 2. The van der Waals surface area contributed by atoms with Crippen molar-refractivity contribution in [2.45, 2.75) is 51.7 Å². The Morgan fingerprint density at radius 2 is 2.00 bits per heavy atom. The van der Waals surface area contributed by atoms with E-state index < -0.39 is 12.0 Å². The number of hydrogen-bond acceptors (Lipinski definition) is 3. The molecule has 0 aliphatic carbocycles. The molecule has 0 fully saturated rings. The van der Waals surface area contributed by atoms with Crippen molar-refractivity contribution in [3.8, 4) is 0 Å². The summed E-state index contributed by atoms with van der Waals surface area (Å²) in [5.41, 5.74) is 2.14. The molecule has 3 aromatic rings. The summed E-state index contributed by atoms with van der Waals surface area (Å²) in [5, 5.41) is 13.1. The van der Waals surface area contributed by atoms with Crippen LogP contribution in [0.2, 0.25) is 5.02 Å². The van der Waals surface area contributed by atoms with Gasteiger partial charge in [-0.05, 0) is 30.5 Å². The maximum Gasteiger partial charge on any atom is 0.321 e. The van der Waals surface area contributed by atoms with Crippen LogP contribution >= 0.6 is 11.6 Å². The van der Waals surface area contributed by atoms with Crippen molar-refractivity contribution in [3.63, 3.8) is 0 Å². The van der Waals surface area contributed by atoms with E-state index in [0.29, 0.717) is 23.6 Å². The molecular weight excluding hydrogens is 417 g/mol. The quantitative estimate of drug-likeness (QED) is 0.444. The lowest BCUT2D eigenvalue weighted by Gasteiger charge is -2.17. The van der Waals surface area contributed by atoms with Crippen LogP contribution < -0.4 is 5.32 Å². The van der Waals surface area contributed by atoms with Gasteiger partial charge in [0.25, 0.3) is 0 Å². The molecule has 31 heavy (non-hydrogen) atoms. The predicted molar refractivity (Wildman–Crippen MR) is 120 cm³/mol. The molecule has 0 bridgehead atoms. The molecule has 0 saturated carbocycles. The number of benzene rings is 2. The molecule has 0 aliphatic heterocycles. The van der Waals surface area contributed by atoms with Gasteiger partial charge in [-0.15, -0.1) is 0 Å². The van der Waals surface area contributed by atoms with Crippen molar-refractivity contribution in [2.75, 3.05) is 0 Å². The highest BCUT2D eigenvalue weighted by Crippen LogP contribution is 2.22. The average molecular weight is 444 g/mol. The van der Waals surface area contributed by atoms with Crippen LogP contribution in [0.4, 0.5) is 4.39 Å². The summed E-state index contributed by atoms with van der Waals surface area (Å²) in [6, 6.07) is 13.4. The van der Waals surface area contributed by atoms with Gasteiger partial charge >= 0.3 is 5.97 Å². The standard InChI is InChI=1S/C24H27ClFN3O2/c1-2-3-12-23-28-15-18(29(23)16-19-20(25)10-7-11-21(19)26)14-27-22(24(30)31)13-17-8-5-4-6-9-17/h4-11,15,22,27H,2-3,12-14,16H2,1H3,(H,30,31)/t22-/m0/s1. The summed E-state index contributed by atoms with van der Waals surface area (Å²) in [4.78, 5) is 16.3. The van der Waals surface area contributed by atoms with Gasteiger partial charge in [-0.1, -0.05) is 61.3 Å². The van der Waals surface area contributed by atoms with E-state index in [1.54, 1.807) is 18.3 Å². The van der Waals surface area contributed by atoms with Crippen LogP contribution in [0.5, 0.6) is 0 Å². The van der Waals surface area contributed by atoms with Crippen LogP contribution in [0.25, 0.3) is 0 Å². The number of carbonyl (C=O) groups is 1. The molecule has 0 unspecified atom stereocenters. The van der Waals surface area contributed by atoms with Crippen LogP contribution in [0.1, 0.15) is 42.4 Å². The molecule has 2 aromatic carbocycles. The second-order valence-electron chi connectivity index (χ2n) is 7.52. The number of nitrogens with one attached hydrogen (secondary N) is 1. The number of carboxylic acid groups (broad SMARTS) is 1. The Hall–Kier alpha value is -2.70. The Labute approximate surface area is 186 Å². The van der Waals surface area contributed by atoms with E-state index in [1.165, 1.54) is 6.07 Å². The summed E-state index contributed by atoms with van der Waals surface area (Å²) in [6.45, 7) is 2.65. The van der Waals surface area contributed by atoms with Gasteiger partial charge in [0, 0.05) is 29.7 Å². The highest BCUT2D eigenvalue weighted by atomic mass is 35.5. The van der Waals surface area contributed by atoms with Crippen LogP contribution in [-0.2, 0) is 30.7 Å². The van der Waals surface area contributed by atoms with Gasteiger partial charge in [-0.2, -0.15) is 0 Å². The first-order valence-electron chi connectivity index (χ1n) is 10.5. The first kappa shape index (κ1) is 23.0. The second kappa shape index (κ2) is 11.1. The third-order valence-electron chi connectivity index (χ3n) is 5.26. The van der Waals surface area contributed by atoms with E-state index in [4.69, 9.17) is 11.6 Å². The minimum atomic E-state index is -0.918. The van der Waals surface area contributed by atoms with E-state index in [0.717, 1.165) is 36.3 Å².